The lowest BCUT2D eigenvalue weighted by Crippen LogP contribution is -2.21. The van der Waals surface area contributed by atoms with Crippen molar-refractivity contribution in [2.45, 2.75) is 19.3 Å². The van der Waals surface area contributed by atoms with Crippen LogP contribution in [0.4, 0.5) is 17.1 Å². The molecule has 0 aliphatic heterocycles. The van der Waals surface area contributed by atoms with Crippen LogP contribution in [0.2, 0.25) is 0 Å². The van der Waals surface area contributed by atoms with Gasteiger partial charge >= 0.3 is 0 Å². The molecule has 0 saturated carbocycles. The second kappa shape index (κ2) is 12.5. The van der Waals surface area contributed by atoms with E-state index < -0.39 is 0 Å². The minimum Gasteiger partial charge on any atom is -0.310 e. The van der Waals surface area contributed by atoms with Crippen molar-refractivity contribution in [3.05, 3.63) is 211 Å². The predicted molar refractivity (Wildman–Crippen MR) is 240 cm³/mol. The van der Waals surface area contributed by atoms with E-state index in [1.807, 2.05) is 0 Å². The number of hydrogen-bond acceptors (Lipinski definition) is 1. The first kappa shape index (κ1) is 32.5. The number of benzene rings is 10. The third-order valence-corrected chi connectivity index (χ3v) is 12.2. The number of anilines is 3. The highest BCUT2D eigenvalue weighted by Gasteiger charge is 2.39. The van der Waals surface area contributed by atoms with Crippen molar-refractivity contribution in [1.29, 1.82) is 0 Å². The normalized spacial score (nSPS) is 13.0. The lowest BCUT2D eigenvalue weighted by atomic mass is 9.81. The average Bonchev–Trinajstić information content (AvgIpc) is 3.50. The van der Waals surface area contributed by atoms with E-state index in [0.717, 1.165) is 11.4 Å². The van der Waals surface area contributed by atoms with Gasteiger partial charge in [0, 0.05) is 16.7 Å². The molecule has 1 aliphatic carbocycles. The molecule has 1 heteroatoms. The van der Waals surface area contributed by atoms with Gasteiger partial charge in [-0.2, -0.15) is 0 Å². The van der Waals surface area contributed by atoms with E-state index in [1.54, 1.807) is 0 Å². The molecule has 264 valence electrons. The second-order valence-electron chi connectivity index (χ2n) is 15.7. The molecule has 0 bridgehead atoms. The molecule has 0 amide bonds. The maximum Gasteiger partial charge on any atom is 0.0540 e. The third kappa shape index (κ3) is 4.94. The van der Waals surface area contributed by atoms with Crippen LogP contribution >= 0.6 is 0 Å². The molecule has 10 aromatic rings. The van der Waals surface area contributed by atoms with E-state index in [9.17, 15) is 0 Å². The standard InChI is InChI=1S/C55H39N/c1-55(2)49-23-10-8-21-47(49)48-22-13-25-51(54(48)55)56(50-24-11-9-19-44(50)36-14-4-3-5-15-36)43-18-12-17-40(35-43)41-32-33-46-42(34-41)31-30-39-29-28-38-27-26-37-16-6-7-20-45(37)52(38)53(39)46/h3-35H,1-2H3. The van der Waals surface area contributed by atoms with Crippen LogP contribution in [0.3, 0.4) is 0 Å². The molecule has 0 heterocycles. The summed E-state index contributed by atoms with van der Waals surface area (Å²) >= 11 is 0. The minimum atomic E-state index is -0.184. The van der Waals surface area contributed by atoms with Crippen LogP contribution in [0.15, 0.2) is 200 Å². The molecule has 1 aliphatic rings. The van der Waals surface area contributed by atoms with Crippen molar-refractivity contribution in [3.8, 4) is 33.4 Å². The summed E-state index contributed by atoms with van der Waals surface area (Å²) in [5.41, 5.74) is 13.4. The Balaban J connectivity index is 1.12. The first-order valence-corrected chi connectivity index (χ1v) is 19.6. The summed E-state index contributed by atoms with van der Waals surface area (Å²) in [4.78, 5) is 2.50. The van der Waals surface area contributed by atoms with Gasteiger partial charge in [0.05, 0.1) is 11.4 Å². The number of nitrogens with zero attached hydrogens (tertiary/aromatic N) is 1. The maximum absolute atomic E-state index is 2.50. The minimum absolute atomic E-state index is 0.184. The highest BCUT2D eigenvalue weighted by Crippen LogP contribution is 2.55. The lowest BCUT2D eigenvalue weighted by Gasteiger charge is -2.33. The molecule has 11 rings (SSSR count). The van der Waals surface area contributed by atoms with Crippen LogP contribution in [0.5, 0.6) is 0 Å². The molecule has 0 unspecified atom stereocenters. The van der Waals surface area contributed by atoms with Gasteiger partial charge in [0.15, 0.2) is 0 Å². The molecule has 0 aromatic heterocycles. The van der Waals surface area contributed by atoms with Crippen molar-refractivity contribution >= 4 is 60.2 Å². The van der Waals surface area contributed by atoms with Gasteiger partial charge in [-0.1, -0.05) is 184 Å². The molecular formula is C55H39N. The van der Waals surface area contributed by atoms with Gasteiger partial charge in [-0.05, 0) is 112 Å². The monoisotopic (exact) mass is 713 g/mol. The summed E-state index contributed by atoms with van der Waals surface area (Å²) in [5, 5.41) is 10.3. The van der Waals surface area contributed by atoms with Crippen molar-refractivity contribution in [3.63, 3.8) is 0 Å². The van der Waals surface area contributed by atoms with Gasteiger partial charge in [-0.3, -0.25) is 0 Å². The summed E-state index contributed by atoms with van der Waals surface area (Å²) in [6.07, 6.45) is 0. The van der Waals surface area contributed by atoms with Crippen LogP contribution in [-0.4, -0.2) is 0 Å². The SMILES string of the molecule is CC1(C)c2ccccc2-c2cccc(N(c3cccc(-c4ccc5c(ccc6ccc7ccc8ccccc8c7c65)c4)c3)c3ccccc3-c3ccccc3)c21. The molecule has 0 atom stereocenters. The first-order valence-electron chi connectivity index (χ1n) is 19.6. The van der Waals surface area contributed by atoms with Crippen LogP contribution in [-0.2, 0) is 5.41 Å². The quantitative estimate of drug-likeness (QED) is 0.161. The number of para-hydroxylation sites is 1. The Morgan fingerprint density at radius 1 is 0.357 bits per heavy atom. The number of fused-ring (bicyclic) bond motifs is 10. The molecule has 0 N–H and O–H groups in total. The van der Waals surface area contributed by atoms with E-state index in [-0.39, 0.29) is 5.41 Å². The lowest BCUT2D eigenvalue weighted by molar-refractivity contribution is 0.661. The Labute approximate surface area is 327 Å². The molecule has 56 heavy (non-hydrogen) atoms. The van der Waals surface area contributed by atoms with Crippen molar-refractivity contribution in [2.24, 2.45) is 0 Å². The van der Waals surface area contributed by atoms with E-state index in [2.05, 4.69) is 219 Å². The Morgan fingerprint density at radius 3 is 1.75 bits per heavy atom. The van der Waals surface area contributed by atoms with Gasteiger partial charge in [0.25, 0.3) is 0 Å². The van der Waals surface area contributed by atoms with Crippen LogP contribution in [0.1, 0.15) is 25.0 Å². The summed E-state index contributed by atoms with van der Waals surface area (Å²) in [7, 11) is 0. The largest absolute Gasteiger partial charge is 0.310 e. The molecule has 0 saturated heterocycles. The third-order valence-electron chi connectivity index (χ3n) is 12.2. The molecule has 1 nitrogen and oxygen atoms in total. The van der Waals surface area contributed by atoms with E-state index in [1.165, 1.54) is 93.3 Å². The topological polar surface area (TPSA) is 3.24 Å². The number of hydrogen-bond donors (Lipinski definition) is 0. The van der Waals surface area contributed by atoms with E-state index >= 15 is 0 Å². The molecule has 0 radical (unpaired) electrons. The smallest absolute Gasteiger partial charge is 0.0540 e. The summed E-state index contributed by atoms with van der Waals surface area (Å²) in [6, 6.07) is 73.9. The fourth-order valence-electron chi connectivity index (χ4n) is 9.60. The zero-order valence-corrected chi connectivity index (χ0v) is 31.5. The second-order valence-corrected chi connectivity index (χ2v) is 15.7. The van der Waals surface area contributed by atoms with Gasteiger partial charge in [0.2, 0.25) is 0 Å². The Bertz CT molecular complexity index is 3170. The van der Waals surface area contributed by atoms with Gasteiger partial charge in [0.1, 0.15) is 0 Å². The van der Waals surface area contributed by atoms with Crippen molar-refractivity contribution in [1.82, 2.24) is 0 Å². The van der Waals surface area contributed by atoms with E-state index in [4.69, 9.17) is 0 Å². The first-order chi connectivity index (χ1) is 27.5. The predicted octanol–water partition coefficient (Wildman–Crippen LogP) is 15.4. The van der Waals surface area contributed by atoms with Gasteiger partial charge in [-0.15, -0.1) is 0 Å². The average molecular weight is 714 g/mol. The van der Waals surface area contributed by atoms with Gasteiger partial charge in [-0.25, -0.2) is 0 Å². The van der Waals surface area contributed by atoms with E-state index in [0.29, 0.717) is 0 Å². The highest BCUT2D eigenvalue weighted by molar-refractivity contribution is 6.27. The Morgan fingerprint density at radius 2 is 0.929 bits per heavy atom. The zero-order valence-electron chi connectivity index (χ0n) is 31.5. The Hall–Kier alpha value is -6.96. The maximum atomic E-state index is 2.50. The van der Waals surface area contributed by atoms with Crippen LogP contribution in [0.25, 0.3) is 76.5 Å². The zero-order chi connectivity index (χ0) is 37.4. The highest BCUT2D eigenvalue weighted by atomic mass is 15.1. The molecule has 0 spiro atoms. The van der Waals surface area contributed by atoms with Crippen molar-refractivity contribution in [2.75, 3.05) is 4.90 Å². The molecular weight excluding hydrogens is 675 g/mol. The summed E-state index contributed by atoms with van der Waals surface area (Å²) in [6.45, 7) is 4.76. The summed E-state index contributed by atoms with van der Waals surface area (Å²) < 4.78 is 0. The molecule has 0 fully saturated rings. The molecule has 10 aromatic carbocycles. The van der Waals surface area contributed by atoms with Gasteiger partial charge < -0.3 is 4.90 Å². The Kier molecular flexibility index (Phi) is 7.28. The fourth-order valence-corrected chi connectivity index (χ4v) is 9.60. The van der Waals surface area contributed by atoms with Crippen LogP contribution < -0.4 is 4.90 Å². The number of rotatable bonds is 5. The summed E-state index contributed by atoms with van der Waals surface area (Å²) in [5.74, 6) is 0. The van der Waals surface area contributed by atoms with Crippen LogP contribution in [0, 0.1) is 0 Å². The van der Waals surface area contributed by atoms with Crippen molar-refractivity contribution < 1.29 is 0 Å². The fraction of sp³-hybridized carbons (Fsp3) is 0.0545.